The fraction of sp³-hybridized carbons (Fsp3) is 0.407. The Labute approximate surface area is 176 Å². The van der Waals surface area contributed by atoms with E-state index in [2.05, 4.69) is 108 Å². The number of benzene rings is 3. The second-order valence-electron chi connectivity index (χ2n) is 10.3. The Hall–Kier alpha value is -2.32. The Morgan fingerprint density at radius 1 is 0.759 bits per heavy atom. The van der Waals surface area contributed by atoms with Crippen molar-refractivity contribution in [3.8, 4) is 5.75 Å². The van der Waals surface area contributed by atoms with Crippen molar-refractivity contribution in [3.63, 3.8) is 0 Å². The van der Waals surface area contributed by atoms with Gasteiger partial charge in [0.2, 0.25) is 0 Å². The van der Waals surface area contributed by atoms with E-state index in [1.807, 2.05) is 0 Å². The van der Waals surface area contributed by atoms with Crippen LogP contribution in [0.3, 0.4) is 0 Å². The molecule has 0 fully saturated rings. The van der Waals surface area contributed by atoms with E-state index < -0.39 is 0 Å². The van der Waals surface area contributed by atoms with Gasteiger partial charge in [0.05, 0.1) is 0 Å². The molecule has 0 heterocycles. The van der Waals surface area contributed by atoms with E-state index in [1.165, 1.54) is 21.9 Å². The van der Waals surface area contributed by atoms with E-state index in [4.69, 9.17) is 0 Å². The van der Waals surface area contributed by atoms with Gasteiger partial charge in [-0.15, -0.1) is 0 Å². The summed E-state index contributed by atoms with van der Waals surface area (Å²) in [4.78, 5) is 2.29. The number of phenols is 1. The van der Waals surface area contributed by atoms with Crippen LogP contribution in [0.5, 0.6) is 5.75 Å². The minimum absolute atomic E-state index is 0.0383. The lowest BCUT2D eigenvalue weighted by atomic mass is 9.79. The predicted octanol–water partition coefficient (Wildman–Crippen LogP) is 6.77. The molecule has 3 aromatic rings. The highest BCUT2D eigenvalue weighted by Crippen LogP contribution is 2.38. The van der Waals surface area contributed by atoms with Crippen molar-refractivity contribution < 1.29 is 5.11 Å². The van der Waals surface area contributed by atoms with Crippen LogP contribution in [0.25, 0.3) is 10.8 Å². The highest BCUT2D eigenvalue weighted by molar-refractivity contribution is 5.85. The Bertz CT molecular complexity index is 1000. The summed E-state index contributed by atoms with van der Waals surface area (Å²) in [7, 11) is 2.13. The zero-order valence-electron chi connectivity index (χ0n) is 19.0. The number of hydrogen-bond acceptors (Lipinski definition) is 2. The molecule has 3 aromatic carbocycles. The zero-order chi connectivity index (χ0) is 21.4. The van der Waals surface area contributed by atoms with E-state index in [0.717, 1.165) is 17.7 Å². The van der Waals surface area contributed by atoms with Gasteiger partial charge in [-0.25, -0.2) is 0 Å². The van der Waals surface area contributed by atoms with Gasteiger partial charge in [-0.05, 0) is 45.3 Å². The molecule has 0 amide bonds. The number of phenolic OH excluding ortho intramolecular Hbond substituents is 1. The highest BCUT2D eigenvalue weighted by Gasteiger charge is 2.25. The van der Waals surface area contributed by atoms with Gasteiger partial charge in [-0.1, -0.05) is 96.1 Å². The summed E-state index contributed by atoms with van der Waals surface area (Å²) in [6.45, 7) is 14.7. The van der Waals surface area contributed by atoms with E-state index in [9.17, 15) is 5.11 Å². The molecule has 0 aliphatic rings. The lowest BCUT2D eigenvalue weighted by Gasteiger charge is -2.28. The molecule has 0 aromatic heterocycles. The fourth-order valence-corrected chi connectivity index (χ4v) is 3.89. The molecule has 0 saturated carbocycles. The molecule has 2 heteroatoms. The minimum atomic E-state index is -0.103. The van der Waals surface area contributed by atoms with Crippen molar-refractivity contribution in [2.45, 2.75) is 65.5 Å². The molecule has 0 bridgehead atoms. The van der Waals surface area contributed by atoms with Crippen LogP contribution in [0.4, 0.5) is 0 Å². The SMILES string of the molecule is CN(Cc1cc(C(C)(C)C)cc(C(C)(C)C)c1O)Cc1cccc2ccccc12. The maximum absolute atomic E-state index is 11.1. The first-order valence-electron chi connectivity index (χ1n) is 10.5. The smallest absolute Gasteiger partial charge is 0.123 e. The van der Waals surface area contributed by atoms with Crippen LogP contribution in [0.15, 0.2) is 54.6 Å². The van der Waals surface area contributed by atoms with Crippen molar-refractivity contribution in [2.75, 3.05) is 7.05 Å². The fourth-order valence-electron chi connectivity index (χ4n) is 3.89. The third-order valence-corrected chi connectivity index (χ3v) is 5.62. The van der Waals surface area contributed by atoms with E-state index >= 15 is 0 Å². The Morgan fingerprint density at radius 2 is 1.38 bits per heavy atom. The van der Waals surface area contributed by atoms with Crippen molar-refractivity contribution in [2.24, 2.45) is 0 Å². The summed E-state index contributed by atoms with van der Waals surface area (Å²) >= 11 is 0. The van der Waals surface area contributed by atoms with Gasteiger partial charge in [0.25, 0.3) is 0 Å². The summed E-state index contributed by atoms with van der Waals surface area (Å²) < 4.78 is 0. The minimum Gasteiger partial charge on any atom is -0.507 e. The van der Waals surface area contributed by atoms with E-state index in [-0.39, 0.29) is 10.8 Å². The molecule has 0 spiro atoms. The molecule has 154 valence electrons. The summed E-state index contributed by atoms with van der Waals surface area (Å²) in [5.74, 6) is 0.440. The van der Waals surface area contributed by atoms with Crippen LogP contribution < -0.4 is 0 Å². The second kappa shape index (κ2) is 7.84. The molecule has 0 aliphatic carbocycles. The number of aromatic hydroxyl groups is 1. The molecule has 0 saturated heterocycles. The summed E-state index contributed by atoms with van der Waals surface area (Å²) in [6.07, 6.45) is 0. The van der Waals surface area contributed by atoms with Crippen LogP contribution in [0.1, 0.15) is 63.8 Å². The molecular formula is C27H35NO. The third kappa shape index (κ3) is 4.82. The quantitative estimate of drug-likeness (QED) is 0.532. The predicted molar refractivity (Wildman–Crippen MR) is 125 cm³/mol. The van der Waals surface area contributed by atoms with Crippen LogP contribution >= 0.6 is 0 Å². The van der Waals surface area contributed by atoms with Gasteiger partial charge in [0, 0.05) is 18.7 Å². The van der Waals surface area contributed by atoms with Gasteiger partial charge in [-0.3, -0.25) is 4.90 Å². The number of nitrogens with zero attached hydrogens (tertiary/aromatic N) is 1. The van der Waals surface area contributed by atoms with Gasteiger partial charge in [-0.2, -0.15) is 0 Å². The average Bonchev–Trinajstić information content (AvgIpc) is 2.61. The molecule has 0 aliphatic heterocycles. The van der Waals surface area contributed by atoms with Gasteiger partial charge < -0.3 is 5.11 Å². The first kappa shape index (κ1) is 21.4. The van der Waals surface area contributed by atoms with Gasteiger partial charge in [0.15, 0.2) is 0 Å². The van der Waals surface area contributed by atoms with Crippen LogP contribution in [-0.4, -0.2) is 17.1 Å². The molecule has 2 nitrogen and oxygen atoms in total. The van der Waals surface area contributed by atoms with Crippen LogP contribution in [-0.2, 0) is 23.9 Å². The number of rotatable bonds is 4. The van der Waals surface area contributed by atoms with E-state index in [1.54, 1.807) is 0 Å². The summed E-state index contributed by atoms with van der Waals surface area (Å²) in [5.41, 5.74) is 4.55. The standard InChI is InChI=1S/C27H35NO/c1-26(2,3)22-15-21(25(29)24(16-22)27(4,5)6)18-28(7)17-20-13-10-12-19-11-8-9-14-23(19)20/h8-16,29H,17-18H2,1-7H3. The normalized spacial score (nSPS) is 12.7. The van der Waals surface area contributed by atoms with Crippen molar-refractivity contribution >= 4 is 10.8 Å². The summed E-state index contributed by atoms with van der Waals surface area (Å²) in [6, 6.07) is 19.4. The maximum Gasteiger partial charge on any atom is 0.123 e. The van der Waals surface area contributed by atoms with Crippen molar-refractivity contribution in [3.05, 3.63) is 76.9 Å². The Kier molecular flexibility index (Phi) is 5.78. The highest BCUT2D eigenvalue weighted by atomic mass is 16.3. The summed E-state index contributed by atoms with van der Waals surface area (Å²) in [5, 5.41) is 13.6. The lowest BCUT2D eigenvalue weighted by Crippen LogP contribution is -2.21. The average molecular weight is 390 g/mol. The lowest BCUT2D eigenvalue weighted by molar-refractivity contribution is 0.312. The van der Waals surface area contributed by atoms with Crippen LogP contribution in [0.2, 0.25) is 0 Å². The number of fused-ring (bicyclic) bond motifs is 1. The Morgan fingerprint density at radius 3 is 2.03 bits per heavy atom. The monoisotopic (exact) mass is 389 g/mol. The zero-order valence-corrected chi connectivity index (χ0v) is 19.0. The van der Waals surface area contributed by atoms with Crippen LogP contribution in [0, 0.1) is 0 Å². The number of hydrogen-bond donors (Lipinski definition) is 1. The first-order chi connectivity index (χ1) is 13.5. The molecule has 0 unspecified atom stereocenters. The second-order valence-corrected chi connectivity index (χ2v) is 10.3. The van der Waals surface area contributed by atoms with Gasteiger partial charge in [0.1, 0.15) is 5.75 Å². The van der Waals surface area contributed by atoms with E-state index in [0.29, 0.717) is 12.3 Å². The Balaban J connectivity index is 1.94. The molecular weight excluding hydrogens is 354 g/mol. The van der Waals surface area contributed by atoms with Gasteiger partial charge >= 0.3 is 0 Å². The molecule has 0 radical (unpaired) electrons. The third-order valence-electron chi connectivity index (χ3n) is 5.62. The molecule has 1 N–H and O–H groups in total. The largest absolute Gasteiger partial charge is 0.507 e. The first-order valence-corrected chi connectivity index (χ1v) is 10.5. The molecule has 3 rings (SSSR count). The van der Waals surface area contributed by atoms with Crippen molar-refractivity contribution in [1.29, 1.82) is 0 Å². The van der Waals surface area contributed by atoms with Crippen molar-refractivity contribution in [1.82, 2.24) is 4.90 Å². The topological polar surface area (TPSA) is 23.5 Å². The molecule has 0 atom stereocenters. The molecule has 29 heavy (non-hydrogen) atoms. The maximum atomic E-state index is 11.1.